The summed E-state index contributed by atoms with van der Waals surface area (Å²) in [6, 6.07) is 7.63. The molecule has 1 N–H and O–H groups in total. The van der Waals surface area contributed by atoms with Crippen molar-refractivity contribution in [3.8, 4) is 0 Å². The summed E-state index contributed by atoms with van der Waals surface area (Å²) in [7, 11) is 1.87. The van der Waals surface area contributed by atoms with E-state index in [1.807, 2.05) is 19.2 Å². The van der Waals surface area contributed by atoms with Crippen molar-refractivity contribution in [2.75, 3.05) is 7.05 Å². The van der Waals surface area contributed by atoms with Gasteiger partial charge in [0, 0.05) is 17.6 Å². The molecule has 2 nitrogen and oxygen atoms in total. The highest BCUT2D eigenvalue weighted by Crippen LogP contribution is 2.27. The first-order valence-electron chi connectivity index (χ1n) is 5.41. The minimum Gasteiger partial charge on any atom is -0.316 e. The molecule has 1 aromatic carbocycles. The number of pyridine rings is 1. The minimum atomic E-state index is -0.841. The van der Waals surface area contributed by atoms with Gasteiger partial charge in [0.25, 0.3) is 0 Å². The van der Waals surface area contributed by atoms with Crippen LogP contribution in [0.5, 0.6) is 0 Å². The van der Waals surface area contributed by atoms with Crippen LogP contribution in [0.4, 0.5) is 8.78 Å². The van der Waals surface area contributed by atoms with Crippen LogP contribution in [-0.4, -0.2) is 12.0 Å². The number of rotatable bonds is 4. The zero-order valence-corrected chi connectivity index (χ0v) is 10.6. The molecule has 0 atom stereocenters. The topological polar surface area (TPSA) is 24.9 Å². The lowest BCUT2D eigenvalue weighted by molar-refractivity contribution is 0.506. The van der Waals surface area contributed by atoms with Crippen molar-refractivity contribution in [2.45, 2.75) is 16.5 Å². The largest absolute Gasteiger partial charge is 0.316 e. The smallest absolute Gasteiger partial charge is 0.159 e. The second-order valence-corrected chi connectivity index (χ2v) is 4.81. The van der Waals surface area contributed by atoms with Crippen molar-refractivity contribution in [1.82, 2.24) is 10.3 Å². The third kappa shape index (κ3) is 3.27. The van der Waals surface area contributed by atoms with E-state index in [0.29, 0.717) is 4.90 Å². The van der Waals surface area contributed by atoms with Crippen LogP contribution in [0.15, 0.2) is 46.5 Å². The van der Waals surface area contributed by atoms with E-state index in [9.17, 15) is 8.78 Å². The van der Waals surface area contributed by atoms with E-state index >= 15 is 0 Å². The number of aromatic nitrogens is 1. The van der Waals surface area contributed by atoms with Crippen molar-refractivity contribution in [3.63, 3.8) is 0 Å². The Morgan fingerprint density at radius 2 is 2.00 bits per heavy atom. The Bertz CT molecular complexity index is 529. The van der Waals surface area contributed by atoms with E-state index < -0.39 is 11.6 Å². The van der Waals surface area contributed by atoms with Crippen LogP contribution >= 0.6 is 11.8 Å². The monoisotopic (exact) mass is 266 g/mol. The van der Waals surface area contributed by atoms with Gasteiger partial charge in [0.05, 0.1) is 0 Å². The molecule has 94 valence electrons. The van der Waals surface area contributed by atoms with Gasteiger partial charge in [-0.25, -0.2) is 13.8 Å². The Balaban J connectivity index is 2.10. The second kappa shape index (κ2) is 5.93. The molecule has 0 aliphatic carbocycles. The highest BCUT2D eigenvalue weighted by Gasteiger charge is 2.04. The van der Waals surface area contributed by atoms with Gasteiger partial charge in [0.15, 0.2) is 11.6 Å². The molecule has 0 saturated heterocycles. The molecule has 0 bridgehead atoms. The van der Waals surface area contributed by atoms with Gasteiger partial charge >= 0.3 is 0 Å². The van der Waals surface area contributed by atoms with E-state index in [1.165, 1.54) is 23.9 Å². The standard InChI is InChI=1S/C13H12F2N2S/c1-16-7-9-2-5-13(17-8-9)18-10-3-4-11(14)12(15)6-10/h2-6,8,16H,7H2,1H3. The fourth-order valence-electron chi connectivity index (χ4n) is 1.44. The Kier molecular flexibility index (Phi) is 4.28. The molecule has 1 aromatic heterocycles. The van der Waals surface area contributed by atoms with Crippen molar-refractivity contribution in [3.05, 3.63) is 53.7 Å². The summed E-state index contributed by atoms with van der Waals surface area (Å²) < 4.78 is 25.8. The van der Waals surface area contributed by atoms with Crippen LogP contribution in [0.3, 0.4) is 0 Å². The lowest BCUT2D eigenvalue weighted by Gasteiger charge is -2.03. The van der Waals surface area contributed by atoms with Gasteiger partial charge in [0.2, 0.25) is 0 Å². The number of nitrogens with one attached hydrogen (secondary N) is 1. The van der Waals surface area contributed by atoms with Crippen LogP contribution < -0.4 is 5.32 Å². The quantitative estimate of drug-likeness (QED) is 0.919. The number of halogens is 2. The van der Waals surface area contributed by atoms with Crippen molar-refractivity contribution < 1.29 is 8.78 Å². The van der Waals surface area contributed by atoms with Crippen LogP contribution in [0.2, 0.25) is 0 Å². The third-order valence-electron chi connectivity index (χ3n) is 2.29. The maximum atomic E-state index is 13.0. The van der Waals surface area contributed by atoms with Crippen LogP contribution in [-0.2, 0) is 6.54 Å². The van der Waals surface area contributed by atoms with Crippen LogP contribution in [0, 0.1) is 11.6 Å². The zero-order valence-electron chi connectivity index (χ0n) is 9.78. The predicted molar refractivity (Wildman–Crippen MR) is 67.5 cm³/mol. The van der Waals surface area contributed by atoms with Gasteiger partial charge in [-0.05, 0) is 36.9 Å². The first kappa shape index (κ1) is 13.0. The molecule has 2 aromatic rings. The highest BCUT2D eigenvalue weighted by atomic mass is 32.2. The SMILES string of the molecule is CNCc1ccc(Sc2ccc(F)c(F)c2)nc1. The van der Waals surface area contributed by atoms with Gasteiger partial charge in [-0.1, -0.05) is 17.8 Å². The van der Waals surface area contributed by atoms with Gasteiger partial charge in [0.1, 0.15) is 5.03 Å². The summed E-state index contributed by atoms with van der Waals surface area (Å²) in [5.41, 5.74) is 1.08. The van der Waals surface area contributed by atoms with Crippen LogP contribution in [0.25, 0.3) is 0 Å². The number of hydrogen-bond acceptors (Lipinski definition) is 3. The van der Waals surface area contributed by atoms with E-state index in [2.05, 4.69) is 10.3 Å². The summed E-state index contributed by atoms with van der Waals surface area (Å²) >= 11 is 1.30. The summed E-state index contributed by atoms with van der Waals surface area (Å²) in [6.45, 7) is 0.753. The Labute approximate surface area is 108 Å². The molecule has 0 saturated carbocycles. The molecule has 0 aliphatic heterocycles. The van der Waals surface area contributed by atoms with Crippen LogP contribution in [0.1, 0.15) is 5.56 Å². The number of benzene rings is 1. The molecule has 0 aliphatic rings. The van der Waals surface area contributed by atoms with Crippen molar-refractivity contribution >= 4 is 11.8 Å². The summed E-state index contributed by atoms with van der Waals surface area (Å²) in [6.07, 6.45) is 1.76. The molecule has 0 radical (unpaired) electrons. The molecule has 18 heavy (non-hydrogen) atoms. The van der Waals surface area contributed by atoms with E-state index in [1.54, 1.807) is 6.20 Å². The first-order valence-corrected chi connectivity index (χ1v) is 6.23. The zero-order chi connectivity index (χ0) is 13.0. The van der Waals surface area contributed by atoms with Crippen molar-refractivity contribution in [1.29, 1.82) is 0 Å². The van der Waals surface area contributed by atoms with E-state index in [0.717, 1.165) is 23.2 Å². The average molecular weight is 266 g/mol. The average Bonchev–Trinajstić information content (AvgIpc) is 2.37. The fraction of sp³-hybridized carbons (Fsp3) is 0.154. The summed E-state index contributed by atoms with van der Waals surface area (Å²) in [5, 5.41) is 3.78. The lowest BCUT2D eigenvalue weighted by Crippen LogP contribution is -2.04. The lowest BCUT2D eigenvalue weighted by atomic mass is 10.3. The second-order valence-electron chi connectivity index (χ2n) is 3.71. The minimum absolute atomic E-state index is 0.628. The molecule has 0 amide bonds. The Hall–Kier alpha value is -1.46. The molecular weight excluding hydrogens is 254 g/mol. The Morgan fingerprint density at radius 1 is 1.17 bits per heavy atom. The molecule has 5 heteroatoms. The summed E-state index contributed by atoms with van der Waals surface area (Å²) in [5.74, 6) is -1.68. The molecule has 2 rings (SSSR count). The third-order valence-corrected chi connectivity index (χ3v) is 3.23. The van der Waals surface area contributed by atoms with Gasteiger partial charge in [-0.2, -0.15) is 0 Å². The molecule has 0 spiro atoms. The maximum Gasteiger partial charge on any atom is 0.159 e. The highest BCUT2D eigenvalue weighted by molar-refractivity contribution is 7.99. The first-order chi connectivity index (χ1) is 8.69. The molecule has 0 fully saturated rings. The number of hydrogen-bond donors (Lipinski definition) is 1. The fourth-order valence-corrected chi connectivity index (χ4v) is 2.22. The molecule has 0 unspecified atom stereocenters. The molecule has 1 heterocycles. The number of nitrogens with zero attached hydrogens (tertiary/aromatic N) is 1. The van der Waals surface area contributed by atoms with E-state index in [4.69, 9.17) is 0 Å². The normalized spacial score (nSPS) is 10.6. The van der Waals surface area contributed by atoms with E-state index in [-0.39, 0.29) is 0 Å². The predicted octanol–water partition coefficient (Wildman–Crippen LogP) is 3.23. The van der Waals surface area contributed by atoms with Gasteiger partial charge < -0.3 is 5.32 Å². The van der Waals surface area contributed by atoms with Gasteiger partial charge in [-0.3, -0.25) is 0 Å². The summed E-state index contributed by atoms with van der Waals surface area (Å²) in [4.78, 5) is 4.88. The maximum absolute atomic E-state index is 13.0. The van der Waals surface area contributed by atoms with Gasteiger partial charge in [-0.15, -0.1) is 0 Å². The Morgan fingerprint density at radius 3 is 2.61 bits per heavy atom. The molecular formula is C13H12F2N2S. The van der Waals surface area contributed by atoms with Crippen molar-refractivity contribution in [2.24, 2.45) is 0 Å².